The Morgan fingerprint density at radius 1 is 0.654 bits per heavy atom. The monoisotopic (exact) mass is 352 g/mol. The van der Waals surface area contributed by atoms with Crippen molar-refractivity contribution in [1.29, 1.82) is 0 Å². The lowest BCUT2D eigenvalue weighted by molar-refractivity contribution is -0.127. The summed E-state index contributed by atoms with van der Waals surface area (Å²) in [6.07, 6.45) is 1.97. The van der Waals surface area contributed by atoms with Gasteiger partial charge in [-0.25, -0.2) is 0 Å². The number of hydrogen-bond acceptors (Lipinski definition) is 4. The number of fused-ring (bicyclic) bond motifs is 1. The largest absolute Gasteiger partial charge is 0.300 e. The van der Waals surface area contributed by atoms with Crippen LogP contribution >= 0.6 is 0 Å². The molecule has 4 nitrogen and oxygen atoms in total. The van der Waals surface area contributed by atoms with Crippen LogP contribution in [0.5, 0.6) is 0 Å². The molecule has 0 saturated carbocycles. The molecule has 0 unspecified atom stereocenters. The Balaban J connectivity index is 2.02. The Kier molecular flexibility index (Phi) is 6.96. The molecule has 136 valence electrons. The lowest BCUT2D eigenvalue weighted by Crippen LogP contribution is -2.05. The van der Waals surface area contributed by atoms with Gasteiger partial charge < -0.3 is 0 Å². The maximum atomic E-state index is 11.7. The molecule has 0 aromatic heterocycles. The molecule has 0 aliphatic carbocycles. The number of ketones is 4. The van der Waals surface area contributed by atoms with Gasteiger partial charge in [0.2, 0.25) is 0 Å². The molecule has 0 radical (unpaired) electrons. The van der Waals surface area contributed by atoms with Crippen molar-refractivity contribution in [3.05, 3.63) is 47.5 Å². The van der Waals surface area contributed by atoms with Gasteiger partial charge in [-0.2, -0.15) is 0 Å². The summed E-state index contributed by atoms with van der Waals surface area (Å²) < 4.78 is 0. The highest BCUT2D eigenvalue weighted by molar-refractivity contribution is 5.98. The Morgan fingerprint density at radius 2 is 1.08 bits per heavy atom. The van der Waals surface area contributed by atoms with Gasteiger partial charge in [-0.1, -0.05) is 36.4 Å². The molecule has 0 saturated heterocycles. The first-order valence-corrected chi connectivity index (χ1v) is 8.87. The molecular weight excluding hydrogens is 328 g/mol. The van der Waals surface area contributed by atoms with Crippen molar-refractivity contribution in [3.63, 3.8) is 0 Å². The molecule has 2 aromatic rings. The predicted octanol–water partition coefficient (Wildman–Crippen LogP) is 3.80. The Bertz CT molecular complexity index is 782. The average molecular weight is 352 g/mol. The number of benzene rings is 2. The first-order valence-electron chi connectivity index (χ1n) is 8.87. The highest BCUT2D eigenvalue weighted by Crippen LogP contribution is 2.20. The van der Waals surface area contributed by atoms with E-state index in [1.54, 1.807) is 0 Å². The van der Waals surface area contributed by atoms with E-state index in [0.717, 1.165) is 21.9 Å². The van der Waals surface area contributed by atoms with E-state index in [1.807, 2.05) is 24.3 Å². The number of carbonyl (C=O) groups is 4. The summed E-state index contributed by atoms with van der Waals surface area (Å²) in [4.78, 5) is 45.4. The van der Waals surface area contributed by atoms with Crippen LogP contribution in [0.4, 0.5) is 0 Å². The third kappa shape index (κ3) is 6.36. The summed E-state index contributed by atoms with van der Waals surface area (Å²) in [5.74, 6) is -0.263. The summed E-state index contributed by atoms with van der Waals surface area (Å²) in [6.45, 7) is 2.85. The van der Waals surface area contributed by atoms with Crippen LogP contribution in [-0.4, -0.2) is 23.1 Å². The molecular formula is C22H24O4. The van der Waals surface area contributed by atoms with E-state index >= 15 is 0 Å². The highest BCUT2D eigenvalue weighted by Gasteiger charge is 2.08. The van der Waals surface area contributed by atoms with Crippen LogP contribution in [0.3, 0.4) is 0 Å². The summed E-state index contributed by atoms with van der Waals surface area (Å²) >= 11 is 0. The van der Waals surface area contributed by atoms with Crippen molar-refractivity contribution in [2.24, 2.45) is 0 Å². The highest BCUT2D eigenvalue weighted by atomic mass is 16.2. The number of rotatable bonds is 10. The van der Waals surface area contributed by atoms with Gasteiger partial charge >= 0.3 is 0 Å². The molecule has 0 fully saturated rings. The molecule has 2 rings (SSSR count). The van der Waals surface area contributed by atoms with Gasteiger partial charge in [-0.05, 0) is 48.6 Å². The summed E-state index contributed by atoms with van der Waals surface area (Å²) in [7, 11) is 0. The second-order valence-corrected chi connectivity index (χ2v) is 6.85. The fourth-order valence-electron chi connectivity index (χ4n) is 2.96. The first-order chi connectivity index (χ1) is 12.3. The second-order valence-electron chi connectivity index (χ2n) is 6.85. The molecule has 0 bridgehead atoms. The fraction of sp³-hybridized carbons (Fsp3) is 0.364. The van der Waals surface area contributed by atoms with Crippen LogP contribution < -0.4 is 0 Å². The van der Waals surface area contributed by atoms with Gasteiger partial charge in [-0.3, -0.25) is 19.2 Å². The molecule has 0 amide bonds. The SMILES string of the molecule is CC(=O)CC(=O)CCc1ccc2ccc(CCC(=O)CC(C)=O)cc2c1. The molecule has 0 aliphatic rings. The van der Waals surface area contributed by atoms with Crippen LogP contribution in [0.15, 0.2) is 36.4 Å². The van der Waals surface area contributed by atoms with Gasteiger partial charge in [0.25, 0.3) is 0 Å². The van der Waals surface area contributed by atoms with Gasteiger partial charge in [0.15, 0.2) is 0 Å². The van der Waals surface area contributed by atoms with Gasteiger partial charge in [0, 0.05) is 12.8 Å². The predicted molar refractivity (Wildman–Crippen MR) is 101 cm³/mol. The smallest absolute Gasteiger partial charge is 0.140 e. The van der Waals surface area contributed by atoms with E-state index in [-0.39, 0.29) is 36.0 Å². The van der Waals surface area contributed by atoms with Crippen LogP contribution in [0, 0.1) is 0 Å². The number of carbonyl (C=O) groups excluding carboxylic acids is 4. The minimum absolute atomic E-state index is 0.00597. The minimum Gasteiger partial charge on any atom is -0.300 e. The lowest BCUT2D eigenvalue weighted by Gasteiger charge is -2.06. The fourth-order valence-corrected chi connectivity index (χ4v) is 2.96. The topological polar surface area (TPSA) is 68.3 Å². The van der Waals surface area contributed by atoms with Crippen molar-refractivity contribution < 1.29 is 19.2 Å². The molecule has 0 N–H and O–H groups in total. The summed E-state index contributed by atoms with van der Waals surface area (Å²) in [5, 5.41) is 2.17. The Morgan fingerprint density at radius 3 is 1.46 bits per heavy atom. The van der Waals surface area contributed by atoms with Gasteiger partial charge in [0.1, 0.15) is 23.1 Å². The zero-order valence-corrected chi connectivity index (χ0v) is 15.3. The van der Waals surface area contributed by atoms with Crippen molar-refractivity contribution >= 4 is 33.9 Å². The minimum atomic E-state index is -0.0996. The Labute approximate surface area is 153 Å². The van der Waals surface area contributed by atoms with E-state index < -0.39 is 0 Å². The summed E-state index contributed by atoms with van der Waals surface area (Å²) in [6, 6.07) is 12.1. The lowest BCUT2D eigenvalue weighted by atomic mass is 9.98. The van der Waals surface area contributed by atoms with Crippen molar-refractivity contribution in [3.8, 4) is 0 Å². The van der Waals surface area contributed by atoms with Crippen molar-refractivity contribution in [2.45, 2.75) is 52.4 Å². The second kappa shape index (κ2) is 9.18. The zero-order valence-electron chi connectivity index (χ0n) is 15.3. The van der Waals surface area contributed by atoms with E-state index in [4.69, 9.17) is 0 Å². The number of hydrogen-bond donors (Lipinski definition) is 0. The normalized spacial score (nSPS) is 10.7. The van der Waals surface area contributed by atoms with Crippen LogP contribution in [-0.2, 0) is 32.0 Å². The molecule has 4 heteroatoms. The molecule has 2 aromatic carbocycles. The van der Waals surface area contributed by atoms with Gasteiger partial charge in [0.05, 0.1) is 12.8 Å². The van der Waals surface area contributed by atoms with Gasteiger partial charge in [-0.15, -0.1) is 0 Å². The standard InChI is InChI=1S/C22H24O4/c1-15(23)11-21(25)9-5-17-3-7-19-8-4-18(14-20(19)13-17)6-10-22(26)12-16(2)24/h3-4,7-8,13-14H,5-6,9-12H2,1-2H3. The molecule has 0 aliphatic heterocycles. The van der Waals surface area contributed by atoms with E-state index in [1.165, 1.54) is 13.8 Å². The average Bonchev–Trinajstić information content (AvgIpc) is 2.56. The van der Waals surface area contributed by atoms with E-state index in [9.17, 15) is 19.2 Å². The maximum Gasteiger partial charge on any atom is 0.140 e. The van der Waals surface area contributed by atoms with Crippen LogP contribution in [0.25, 0.3) is 10.8 Å². The molecule has 0 heterocycles. The first kappa shape index (κ1) is 19.7. The third-order valence-electron chi connectivity index (χ3n) is 4.25. The number of aryl methyl sites for hydroxylation is 2. The molecule has 0 spiro atoms. The Hall–Kier alpha value is -2.62. The number of Topliss-reactive ketones (excluding diaryl/α,β-unsaturated/α-hetero) is 4. The summed E-state index contributed by atoms with van der Waals surface area (Å²) in [5.41, 5.74) is 2.11. The van der Waals surface area contributed by atoms with Crippen molar-refractivity contribution in [1.82, 2.24) is 0 Å². The van der Waals surface area contributed by atoms with Crippen LogP contribution in [0.1, 0.15) is 50.7 Å². The maximum absolute atomic E-state index is 11.7. The van der Waals surface area contributed by atoms with Crippen LogP contribution in [0.2, 0.25) is 0 Å². The van der Waals surface area contributed by atoms with E-state index in [2.05, 4.69) is 12.1 Å². The third-order valence-corrected chi connectivity index (χ3v) is 4.25. The zero-order chi connectivity index (χ0) is 19.1. The van der Waals surface area contributed by atoms with E-state index in [0.29, 0.717) is 25.7 Å². The quantitative estimate of drug-likeness (QED) is 0.610. The molecule has 0 atom stereocenters. The van der Waals surface area contributed by atoms with Crippen molar-refractivity contribution in [2.75, 3.05) is 0 Å². The molecule has 26 heavy (non-hydrogen) atoms.